The van der Waals surface area contributed by atoms with Gasteiger partial charge in [-0.3, -0.25) is 9.59 Å². The number of furan rings is 1. The largest absolute Gasteiger partial charge is 0.491 e. The summed E-state index contributed by atoms with van der Waals surface area (Å²) in [6, 6.07) is 5.08. The van der Waals surface area contributed by atoms with E-state index < -0.39 is 12.0 Å². The Morgan fingerprint density at radius 1 is 1.38 bits per heavy atom. The molecule has 1 unspecified atom stereocenters. The predicted molar refractivity (Wildman–Crippen MR) is 100 cm³/mol. The summed E-state index contributed by atoms with van der Waals surface area (Å²) in [7, 11) is 1.54. The molecular formula is C19H19N3O7. The molecule has 1 atom stereocenters. The van der Waals surface area contributed by atoms with E-state index in [9.17, 15) is 14.7 Å². The molecule has 0 radical (unpaired) electrons. The highest BCUT2D eigenvalue weighted by Gasteiger charge is 2.23. The molecule has 1 aromatic carbocycles. The molecule has 2 aromatic heterocycles. The van der Waals surface area contributed by atoms with E-state index in [0.29, 0.717) is 17.2 Å². The first-order chi connectivity index (χ1) is 13.9. The maximum atomic E-state index is 12.6. The van der Waals surface area contributed by atoms with Crippen LogP contribution < -0.4 is 25.1 Å². The van der Waals surface area contributed by atoms with Crippen LogP contribution >= 0.6 is 0 Å². The van der Waals surface area contributed by atoms with Gasteiger partial charge < -0.3 is 33.6 Å². The van der Waals surface area contributed by atoms with Gasteiger partial charge in [0, 0.05) is 19.7 Å². The van der Waals surface area contributed by atoms with E-state index in [-0.39, 0.29) is 47.9 Å². The van der Waals surface area contributed by atoms with Gasteiger partial charge in [-0.1, -0.05) is 0 Å². The maximum Gasteiger partial charge on any atom is 0.265 e. The van der Waals surface area contributed by atoms with E-state index in [1.807, 2.05) is 0 Å². The fourth-order valence-electron chi connectivity index (χ4n) is 2.98. The zero-order valence-electron chi connectivity index (χ0n) is 15.8. The van der Waals surface area contributed by atoms with Crippen LogP contribution in [0.4, 0.5) is 0 Å². The van der Waals surface area contributed by atoms with Crippen LogP contribution in [-0.2, 0) is 7.05 Å². The number of benzene rings is 1. The standard InChI is InChI=1S/C19H19N3O7/c1-10-15(16-18(29-10)21-8-22(2)19(16)25)17(24)20-6-11(23)7-26-12-3-4-13-14(5-12)28-9-27-13/h3-5,8,11,23H,6-7,9H2,1-2H3,(H,20,24). The van der Waals surface area contributed by atoms with E-state index >= 15 is 0 Å². The third-order valence-electron chi connectivity index (χ3n) is 4.46. The highest BCUT2D eigenvalue weighted by molar-refractivity contribution is 6.06. The van der Waals surface area contributed by atoms with Gasteiger partial charge in [0.25, 0.3) is 11.5 Å². The van der Waals surface area contributed by atoms with E-state index in [0.717, 1.165) is 0 Å². The molecule has 4 rings (SSSR count). The number of nitrogens with zero attached hydrogens (tertiary/aromatic N) is 2. The van der Waals surface area contributed by atoms with Crippen LogP contribution in [0.2, 0.25) is 0 Å². The Labute approximate surface area is 164 Å². The van der Waals surface area contributed by atoms with Crippen LogP contribution in [-0.4, -0.2) is 46.6 Å². The van der Waals surface area contributed by atoms with Crippen LogP contribution in [0.3, 0.4) is 0 Å². The lowest BCUT2D eigenvalue weighted by Crippen LogP contribution is -2.36. The molecule has 1 aliphatic rings. The van der Waals surface area contributed by atoms with Gasteiger partial charge in [0.15, 0.2) is 11.5 Å². The number of carbonyl (C=O) groups excluding carboxylic acids is 1. The number of aromatic nitrogens is 2. The van der Waals surface area contributed by atoms with E-state index in [4.69, 9.17) is 18.6 Å². The number of nitrogens with one attached hydrogen (secondary N) is 1. The van der Waals surface area contributed by atoms with Gasteiger partial charge in [-0.05, 0) is 19.1 Å². The fourth-order valence-corrected chi connectivity index (χ4v) is 2.98. The maximum absolute atomic E-state index is 12.6. The van der Waals surface area contributed by atoms with Gasteiger partial charge in [0.05, 0.1) is 5.56 Å². The minimum Gasteiger partial charge on any atom is -0.491 e. The van der Waals surface area contributed by atoms with Crippen LogP contribution in [0.25, 0.3) is 11.1 Å². The molecule has 2 N–H and O–H groups in total. The molecule has 0 bridgehead atoms. The number of aliphatic hydroxyl groups is 1. The first kappa shape index (κ1) is 18.8. The lowest BCUT2D eigenvalue weighted by Gasteiger charge is -2.13. The highest BCUT2D eigenvalue weighted by atomic mass is 16.7. The second-order valence-electron chi connectivity index (χ2n) is 6.56. The van der Waals surface area contributed by atoms with Gasteiger partial charge in [-0.15, -0.1) is 0 Å². The smallest absolute Gasteiger partial charge is 0.265 e. The average Bonchev–Trinajstić information content (AvgIpc) is 3.30. The zero-order valence-corrected chi connectivity index (χ0v) is 15.8. The average molecular weight is 401 g/mol. The molecule has 0 fully saturated rings. The summed E-state index contributed by atoms with van der Waals surface area (Å²) in [4.78, 5) is 28.9. The fraction of sp³-hybridized carbons (Fsp3) is 0.316. The molecule has 1 aliphatic heterocycles. The minimum absolute atomic E-state index is 0.0473. The Hall–Kier alpha value is -3.53. The van der Waals surface area contributed by atoms with Crippen LogP contribution in [0.15, 0.2) is 33.7 Å². The number of hydrogen-bond acceptors (Lipinski definition) is 8. The molecule has 0 saturated carbocycles. The summed E-state index contributed by atoms with van der Waals surface area (Å²) in [5, 5.41) is 12.8. The lowest BCUT2D eigenvalue weighted by molar-refractivity contribution is 0.0843. The Morgan fingerprint density at radius 3 is 3.00 bits per heavy atom. The molecule has 3 heterocycles. The number of ether oxygens (including phenoxy) is 3. The number of rotatable bonds is 6. The summed E-state index contributed by atoms with van der Waals surface area (Å²) in [6.45, 7) is 1.62. The van der Waals surface area contributed by atoms with Gasteiger partial charge in [-0.25, -0.2) is 4.98 Å². The Morgan fingerprint density at radius 2 is 2.17 bits per heavy atom. The van der Waals surface area contributed by atoms with Crippen molar-refractivity contribution < 1.29 is 28.5 Å². The van der Waals surface area contributed by atoms with E-state index in [1.165, 1.54) is 17.9 Å². The van der Waals surface area contributed by atoms with E-state index in [2.05, 4.69) is 10.3 Å². The van der Waals surface area contributed by atoms with Gasteiger partial charge in [-0.2, -0.15) is 0 Å². The Balaban J connectivity index is 1.38. The van der Waals surface area contributed by atoms with Crippen molar-refractivity contribution in [3.8, 4) is 17.2 Å². The zero-order chi connectivity index (χ0) is 20.5. The van der Waals surface area contributed by atoms with Crippen molar-refractivity contribution >= 4 is 17.0 Å². The predicted octanol–water partition coefficient (Wildman–Crippen LogP) is 0.733. The van der Waals surface area contributed by atoms with Crippen molar-refractivity contribution in [1.82, 2.24) is 14.9 Å². The molecule has 3 aromatic rings. The van der Waals surface area contributed by atoms with Crippen molar-refractivity contribution in [2.45, 2.75) is 13.0 Å². The lowest BCUT2D eigenvalue weighted by atomic mass is 10.1. The van der Waals surface area contributed by atoms with Crippen molar-refractivity contribution in [3.63, 3.8) is 0 Å². The molecule has 1 amide bonds. The molecule has 10 heteroatoms. The van der Waals surface area contributed by atoms with Crippen LogP contribution in [0, 0.1) is 6.92 Å². The summed E-state index contributed by atoms with van der Waals surface area (Å²) in [6.07, 6.45) is 0.357. The number of aryl methyl sites for hydroxylation is 2. The van der Waals surface area contributed by atoms with Crippen molar-refractivity contribution in [3.05, 3.63) is 46.2 Å². The summed E-state index contributed by atoms with van der Waals surface area (Å²) in [5.74, 6) is 1.45. The normalized spacial score (nSPS) is 13.5. The van der Waals surface area contributed by atoms with Gasteiger partial charge in [0.1, 0.15) is 35.9 Å². The molecule has 0 aliphatic carbocycles. The van der Waals surface area contributed by atoms with Crippen molar-refractivity contribution in [1.29, 1.82) is 0 Å². The molecule has 10 nitrogen and oxygen atoms in total. The second kappa shape index (κ2) is 7.47. The van der Waals surface area contributed by atoms with Gasteiger partial charge in [0.2, 0.25) is 12.5 Å². The second-order valence-corrected chi connectivity index (χ2v) is 6.56. The third-order valence-corrected chi connectivity index (χ3v) is 4.46. The number of amides is 1. The first-order valence-corrected chi connectivity index (χ1v) is 8.87. The highest BCUT2D eigenvalue weighted by Crippen LogP contribution is 2.35. The van der Waals surface area contributed by atoms with E-state index in [1.54, 1.807) is 25.1 Å². The molecular weight excluding hydrogens is 382 g/mol. The number of aliphatic hydroxyl groups excluding tert-OH is 1. The van der Waals surface area contributed by atoms with Crippen molar-refractivity contribution in [2.24, 2.45) is 7.05 Å². The minimum atomic E-state index is -0.969. The van der Waals surface area contributed by atoms with Crippen LogP contribution in [0.5, 0.6) is 17.2 Å². The number of carbonyl (C=O) groups is 1. The van der Waals surface area contributed by atoms with Crippen LogP contribution in [0.1, 0.15) is 16.1 Å². The SMILES string of the molecule is Cc1oc2ncn(C)c(=O)c2c1C(=O)NCC(O)COc1ccc2c(c1)OCO2. The number of fused-ring (bicyclic) bond motifs is 2. The quantitative estimate of drug-likeness (QED) is 0.619. The van der Waals surface area contributed by atoms with Gasteiger partial charge >= 0.3 is 0 Å². The summed E-state index contributed by atoms with van der Waals surface area (Å²) >= 11 is 0. The summed E-state index contributed by atoms with van der Waals surface area (Å²) < 4.78 is 22.7. The Bertz CT molecular complexity index is 1130. The Kier molecular flexibility index (Phi) is 4.85. The molecule has 152 valence electrons. The number of hydrogen-bond donors (Lipinski definition) is 2. The third kappa shape index (κ3) is 3.61. The van der Waals surface area contributed by atoms with Crippen molar-refractivity contribution in [2.75, 3.05) is 19.9 Å². The molecule has 0 spiro atoms. The molecule has 0 saturated heterocycles. The topological polar surface area (TPSA) is 125 Å². The first-order valence-electron chi connectivity index (χ1n) is 8.87. The molecule has 29 heavy (non-hydrogen) atoms. The summed E-state index contributed by atoms with van der Waals surface area (Å²) in [5.41, 5.74) is -0.177. The monoisotopic (exact) mass is 401 g/mol.